The van der Waals surface area contributed by atoms with Crippen LogP contribution in [0, 0.1) is 0 Å². The number of aromatic nitrogens is 2. The number of nitrogens with one attached hydrogen (secondary N) is 3. The van der Waals surface area contributed by atoms with Crippen LogP contribution >= 0.6 is 0 Å². The molecule has 0 saturated carbocycles. The summed E-state index contributed by atoms with van der Waals surface area (Å²) in [5.74, 6) is 0.255. The lowest BCUT2D eigenvalue weighted by Gasteiger charge is -2.29. The van der Waals surface area contributed by atoms with Gasteiger partial charge in [0.1, 0.15) is 5.69 Å². The number of hydrogen-bond donors (Lipinski definition) is 3. The Labute approximate surface area is 160 Å². The molecule has 2 aromatic rings. The number of rotatable bonds is 7. The topological polar surface area (TPSA) is 82.2 Å². The average Bonchev–Trinajstić information content (AvgIpc) is 2.73. The van der Waals surface area contributed by atoms with Gasteiger partial charge in [0.05, 0.1) is 0 Å². The highest BCUT2D eigenvalue weighted by atomic mass is 16.1. The first kappa shape index (κ1) is 19.1. The van der Waals surface area contributed by atoms with Gasteiger partial charge >= 0.3 is 0 Å². The fourth-order valence-electron chi connectivity index (χ4n) is 3.11. The molecule has 0 spiro atoms. The van der Waals surface area contributed by atoms with Crippen molar-refractivity contribution in [1.82, 2.24) is 20.6 Å². The highest BCUT2D eigenvalue weighted by molar-refractivity contribution is 5.92. The van der Waals surface area contributed by atoms with Crippen LogP contribution in [0.1, 0.15) is 37.2 Å². The molecule has 2 heterocycles. The predicted octanol–water partition coefficient (Wildman–Crippen LogP) is 2.55. The maximum absolute atomic E-state index is 12.4. The van der Waals surface area contributed by atoms with Crippen LogP contribution in [-0.4, -0.2) is 48.1 Å². The largest absolute Gasteiger partial charge is 0.369 e. The maximum Gasteiger partial charge on any atom is 0.270 e. The summed E-state index contributed by atoms with van der Waals surface area (Å²) in [5.41, 5.74) is 2.48. The van der Waals surface area contributed by atoms with Gasteiger partial charge in [0.2, 0.25) is 5.95 Å². The van der Waals surface area contributed by atoms with E-state index < -0.39 is 0 Å². The fourth-order valence-corrected chi connectivity index (χ4v) is 3.11. The smallest absolute Gasteiger partial charge is 0.270 e. The zero-order valence-electron chi connectivity index (χ0n) is 16.0. The van der Waals surface area contributed by atoms with E-state index >= 15 is 0 Å². The van der Waals surface area contributed by atoms with Gasteiger partial charge in [-0.05, 0) is 43.2 Å². The molecule has 1 fully saturated rings. The third kappa shape index (κ3) is 5.17. The van der Waals surface area contributed by atoms with Crippen LogP contribution in [0.5, 0.6) is 0 Å². The van der Waals surface area contributed by atoms with Gasteiger partial charge in [-0.2, -0.15) is 0 Å². The van der Waals surface area contributed by atoms with Gasteiger partial charge in [-0.25, -0.2) is 9.97 Å². The SMILES string of the molecule is CCC(CC)NC(=O)c1ccnc(Nc2ccc(N3CCNCC3)cc2)n1. The summed E-state index contributed by atoms with van der Waals surface area (Å²) >= 11 is 0. The van der Waals surface area contributed by atoms with Crippen LogP contribution < -0.4 is 20.9 Å². The Bertz CT molecular complexity index is 738. The van der Waals surface area contributed by atoms with Gasteiger partial charge < -0.3 is 20.9 Å². The lowest BCUT2D eigenvalue weighted by atomic mass is 10.1. The quantitative estimate of drug-likeness (QED) is 0.697. The van der Waals surface area contributed by atoms with Gasteiger partial charge in [-0.15, -0.1) is 0 Å². The molecule has 1 saturated heterocycles. The van der Waals surface area contributed by atoms with Gasteiger partial charge in [0, 0.05) is 49.8 Å². The molecular formula is C20H28N6O. The molecule has 1 aliphatic heterocycles. The van der Waals surface area contributed by atoms with Crippen molar-refractivity contribution in [3.63, 3.8) is 0 Å². The van der Waals surface area contributed by atoms with E-state index in [9.17, 15) is 4.79 Å². The molecule has 0 atom stereocenters. The summed E-state index contributed by atoms with van der Waals surface area (Å²) in [6, 6.07) is 10.0. The minimum absolute atomic E-state index is 0.164. The van der Waals surface area contributed by atoms with Crippen molar-refractivity contribution in [2.45, 2.75) is 32.7 Å². The number of carbonyl (C=O) groups excluding carboxylic acids is 1. The molecule has 1 aliphatic rings. The first-order valence-electron chi connectivity index (χ1n) is 9.66. The second kappa shape index (κ2) is 9.32. The Balaban J connectivity index is 1.64. The number of nitrogens with zero attached hydrogens (tertiary/aromatic N) is 3. The van der Waals surface area contributed by atoms with E-state index in [1.54, 1.807) is 12.3 Å². The average molecular weight is 368 g/mol. The number of hydrogen-bond acceptors (Lipinski definition) is 6. The Kier molecular flexibility index (Phi) is 6.59. The Morgan fingerprint density at radius 1 is 1.15 bits per heavy atom. The number of benzene rings is 1. The zero-order chi connectivity index (χ0) is 19.1. The molecule has 0 radical (unpaired) electrons. The van der Waals surface area contributed by atoms with Crippen molar-refractivity contribution in [2.24, 2.45) is 0 Å². The molecule has 0 aliphatic carbocycles. The van der Waals surface area contributed by atoms with Crippen molar-refractivity contribution in [1.29, 1.82) is 0 Å². The van der Waals surface area contributed by atoms with E-state index in [-0.39, 0.29) is 11.9 Å². The normalized spacial score (nSPS) is 14.3. The maximum atomic E-state index is 12.4. The molecule has 144 valence electrons. The van der Waals surface area contributed by atoms with Crippen molar-refractivity contribution >= 4 is 23.2 Å². The highest BCUT2D eigenvalue weighted by Crippen LogP contribution is 2.20. The fraction of sp³-hybridized carbons (Fsp3) is 0.450. The van der Waals surface area contributed by atoms with Crippen molar-refractivity contribution in [3.8, 4) is 0 Å². The molecular weight excluding hydrogens is 340 g/mol. The van der Waals surface area contributed by atoms with E-state index in [4.69, 9.17) is 0 Å². The first-order chi connectivity index (χ1) is 13.2. The molecule has 0 bridgehead atoms. The summed E-state index contributed by atoms with van der Waals surface area (Å²) < 4.78 is 0. The molecule has 3 rings (SSSR count). The van der Waals surface area contributed by atoms with Gasteiger partial charge in [0.15, 0.2) is 0 Å². The van der Waals surface area contributed by atoms with Crippen molar-refractivity contribution in [2.75, 3.05) is 36.4 Å². The van der Waals surface area contributed by atoms with Gasteiger partial charge in [-0.3, -0.25) is 4.79 Å². The molecule has 3 N–H and O–H groups in total. The minimum atomic E-state index is -0.164. The number of piperazine rings is 1. The van der Waals surface area contributed by atoms with Crippen LogP contribution in [0.25, 0.3) is 0 Å². The molecule has 7 nitrogen and oxygen atoms in total. The van der Waals surface area contributed by atoms with E-state index in [1.807, 2.05) is 12.1 Å². The van der Waals surface area contributed by atoms with E-state index in [0.717, 1.165) is 44.7 Å². The van der Waals surface area contributed by atoms with E-state index in [1.165, 1.54) is 5.69 Å². The second-order valence-electron chi connectivity index (χ2n) is 6.66. The summed E-state index contributed by atoms with van der Waals surface area (Å²) in [7, 11) is 0. The van der Waals surface area contributed by atoms with E-state index in [2.05, 4.69) is 56.8 Å². The predicted molar refractivity (Wildman–Crippen MR) is 109 cm³/mol. The number of amides is 1. The second-order valence-corrected chi connectivity index (χ2v) is 6.66. The van der Waals surface area contributed by atoms with E-state index in [0.29, 0.717) is 11.6 Å². The van der Waals surface area contributed by atoms with Gasteiger partial charge in [0.25, 0.3) is 5.91 Å². The third-order valence-corrected chi connectivity index (χ3v) is 4.81. The Morgan fingerprint density at radius 3 is 2.52 bits per heavy atom. The molecule has 1 amide bonds. The molecule has 1 aromatic heterocycles. The summed E-state index contributed by atoms with van der Waals surface area (Å²) in [6.45, 7) is 8.18. The molecule has 0 unspecified atom stereocenters. The summed E-state index contributed by atoms with van der Waals surface area (Å²) in [4.78, 5) is 23.3. The van der Waals surface area contributed by atoms with Gasteiger partial charge in [-0.1, -0.05) is 13.8 Å². The van der Waals surface area contributed by atoms with Crippen LogP contribution in [0.15, 0.2) is 36.5 Å². The number of anilines is 3. The van der Waals surface area contributed by atoms with Crippen LogP contribution in [-0.2, 0) is 0 Å². The molecule has 1 aromatic carbocycles. The standard InChI is InChI=1S/C20H28N6O/c1-3-15(4-2)23-19(27)18-9-10-22-20(25-18)24-16-5-7-17(8-6-16)26-13-11-21-12-14-26/h5-10,15,21H,3-4,11-14H2,1-2H3,(H,23,27)(H,22,24,25). The summed E-state index contributed by atoms with van der Waals surface area (Å²) in [5, 5.41) is 9.54. The molecule has 27 heavy (non-hydrogen) atoms. The lowest BCUT2D eigenvalue weighted by molar-refractivity contribution is 0.0929. The lowest BCUT2D eigenvalue weighted by Crippen LogP contribution is -2.43. The van der Waals surface area contributed by atoms with Crippen molar-refractivity contribution in [3.05, 3.63) is 42.2 Å². The highest BCUT2D eigenvalue weighted by Gasteiger charge is 2.13. The Morgan fingerprint density at radius 2 is 1.85 bits per heavy atom. The summed E-state index contributed by atoms with van der Waals surface area (Å²) in [6.07, 6.45) is 3.40. The van der Waals surface area contributed by atoms with Crippen LogP contribution in [0.3, 0.4) is 0 Å². The van der Waals surface area contributed by atoms with Crippen LogP contribution in [0.4, 0.5) is 17.3 Å². The number of carbonyl (C=O) groups is 1. The molecule has 7 heteroatoms. The third-order valence-electron chi connectivity index (χ3n) is 4.81. The minimum Gasteiger partial charge on any atom is -0.369 e. The van der Waals surface area contributed by atoms with Crippen LogP contribution in [0.2, 0.25) is 0 Å². The Hall–Kier alpha value is -2.67. The van der Waals surface area contributed by atoms with Crippen molar-refractivity contribution < 1.29 is 4.79 Å². The first-order valence-corrected chi connectivity index (χ1v) is 9.66. The monoisotopic (exact) mass is 368 g/mol. The zero-order valence-corrected chi connectivity index (χ0v) is 16.0.